The average molecular weight is 328 g/mol. The lowest BCUT2D eigenvalue weighted by Crippen LogP contribution is -2.63. The van der Waals surface area contributed by atoms with Gasteiger partial charge in [0.25, 0.3) is 0 Å². The first-order valence-electron chi connectivity index (χ1n) is 9.89. The minimum absolute atomic E-state index is 0.362. The molecule has 2 nitrogen and oxygen atoms in total. The standard InChI is InChI=1S/C22H33NO/c1-4-9-24-19-8-6-5-7-18(19)13-23-22-12-17-10-20(2,15-22)14-21(3,11-17)16-22/h5-8,17,23H,4,9-16H2,1-3H3/t17?,20-,21+,22?. The zero-order chi connectivity index (χ0) is 16.8. The maximum atomic E-state index is 5.96. The van der Waals surface area contributed by atoms with Crippen molar-refractivity contribution in [1.29, 1.82) is 0 Å². The van der Waals surface area contributed by atoms with Crippen LogP contribution in [0.1, 0.15) is 71.3 Å². The molecular formula is C22H33NO. The van der Waals surface area contributed by atoms with E-state index in [-0.39, 0.29) is 0 Å². The number of hydrogen-bond donors (Lipinski definition) is 1. The van der Waals surface area contributed by atoms with E-state index in [1.165, 1.54) is 44.1 Å². The Balaban J connectivity index is 1.50. The van der Waals surface area contributed by atoms with E-state index in [9.17, 15) is 0 Å². The average Bonchev–Trinajstić information content (AvgIpc) is 2.48. The lowest BCUT2D eigenvalue weighted by molar-refractivity contribution is -0.118. The lowest BCUT2D eigenvalue weighted by atomic mass is 9.43. The van der Waals surface area contributed by atoms with Gasteiger partial charge in [0.05, 0.1) is 6.61 Å². The molecule has 0 aromatic heterocycles. The van der Waals surface area contributed by atoms with Gasteiger partial charge in [0.2, 0.25) is 0 Å². The lowest BCUT2D eigenvalue weighted by Gasteiger charge is -2.65. The Kier molecular flexibility index (Phi) is 3.95. The third-order valence-electron chi connectivity index (χ3n) is 6.71. The third kappa shape index (κ3) is 2.98. The smallest absolute Gasteiger partial charge is 0.123 e. The van der Waals surface area contributed by atoms with Gasteiger partial charge in [0, 0.05) is 17.6 Å². The highest BCUT2D eigenvalue weighted by Gasteiger charge is 2.59. The summed E-state index contributed by atoms with van der Waals surface area (Å²) in [4.78, 5) is 0. The Morgan fingerprint density at radius 2 is 1.75 bits per heavy atom. The molecule has 24 heavy (non-hydrogen) atoms. The van der Waals surface area contributed by atoms with E-state index in [4.69, 9.17) is 4.74 Å². The largest absolute Gasteiger partial charge is 0.493 e. The second-order valence-electron chi connectivity index (χ2n) is 9.72. The van der Waals surface area contributed by atoms with Crippen LogP contribution in [0.4, 0.5) is 0 Å². The second-order valence-corrected chi connectivity index (χ2v) is 9.72. The molecule has 4 atom stereocenters. The molecule has 0 saturated heterocycles. The van der Waals surface area contributed by atoms with Gasteiger partial charge < -0.3 is 10.1 Å². The molecule has 4 aliphatic rings. The van der Waals surface area contributed by atoms with Crippen molar-refractivity contribution >= 4 is 0 Å². The maximum absolute atomic E-state index is 5.96. The van der Waals surface area contributed by atoms with Crippen LogP contribution < -0.4 is 10.1 Å². The van der Waals surface area contributed by atoms with E-state index in [0.717, 1.165) is 31.2 Å². The highest BCUT2D eigenvalue weighted by Crippen LogP contribution is 2.66. The van der Waals surface area contributed by atoms with Crippen molar-refractivity contribution in [3.8, 4) is 5.75 Å². The van der Waals surface area contributed by atoms with E-state index >= 15 is 0 Å². The number of ether oxygens (including phenoxy) is 1. The van der Waals surface area contributed by atoms with Gasteiger partial charge in [0.15, 0.2) is 0 Å². The van der Waals surface area contributed by atoms with Gasteiger partial charge in [-0.3, -0.25) is 0 Å². The first-order valence-corrected chi connectivity index (χ1v) is 9.89. The summed E-state index contributed by atoms with van der Waals surface area (Å²) in [5.41, 5.74) is 2.82. The van der Waals surface area contributed by atoms with E-state index in [0.29, 0.717) is 16.4 Å². The minimum atomic E-state index is 0.362. The van der Waals surface area contributed by atoms with Crippen molar-refractivity contribution in [3.05, 3.63) is 29.8 Å². The van der Waals surface area contributed by atoms with Crippen molar-refractivity contribution in [3.63, 3.8) is 0 Å². The van der Waals surface area contributed by atoms with Crippen molar-refractivity contribution in [2.75, 3.05) is 6.61 Å². The molecule has 4 fully saturated rings. The van der Waals surface area contributed by atoms with Gasteiger partial charge >= 0.3 is 0 Å². The zero-order valence-corrected chi connectivity index (χ0v) is 15.7. The first-order chi connectivity index (χ1) is 11.4. The van der Waals surface area contributed by atoms with Crippen molar-refractivity contribution in [2.24, 2.45) is 16.7 Å². The van der Waals surface area contributed by atoms with Gasteiger partial charge in [-0.1, -0.05) is 39.0 Å². The van der Waals surface area contributed by atoms with Crippen LogP contribution in [0.5, 0.6) is 5.75 Å². The quantitative estimate of drug-likeness (QED) is 0.764. The molecule has 0 heterocycles. The summed E-state index contributed by atoms with van der Waals surface area (Å²) in [5.74, 6) is 2.00. The van der Waals surface area contributed by atoms with Crippen molar-refractivity contribution in [1.82, 2.24) is 5.32 Å². The Labute approximate surface area is 147 Å². The fraction of sp³-hybridized carbons (Fsp3) is 0.727. The van der Waals surface area contributed by atoms with Crippen LogP contribution in [-0.4, -0.2) is 12.1 Å². The molecule has 1 N–H and O–H groups in total. The summed E-state index contributed by atoms with van der Waals surface area (Å²) in [6.07, 6.45) is 9.54. The summed E-state index contributed by atoms with van der Waals surface area (Å²) >= 11 is 0. The van der Waals surface area contributed by atoms with Crippen LogP contribution in [0.2, 0.25) is 0 Å². The number of para-hydroxylation sites is 1. The Morgan fingerprint density at radius 3 is 2.42 bits per heavy atom. The van der Waals surface area contributed by atoms with Crippen LogP contribution in [0.25, 0.3) is 0 Å². The molecule has 132 valence electrons. The van der Waals surface area contributed by atoms with Crippen molar-refractivity contribution in [2.45, 2.75) is 77.8 Å². The fourth-order valence-electron chi connectivity index (χ4n) is 6.93. The Hall–Kier alpha value is -1.02. The normalized spacial score (nSPS) is 40.0. The third-order valence-corrected chi connectivity index (χ3v) is 6.71. The highest BCUT2D eigenvalue weighted by molar-refractivity contribution is 5.33. The monoisotopic (exact) mass is 327 g/mol. The number of hydrogen-bond acceptors (Lipinski definition) is 2. The van der Waals surface area contributed by atoms with Gasteiger partial charge in [0.1, 0.15) is 5.75 Å². The number of nitrogens with one attached hydrogen (secondary N) is 1. The molecular weight excluding hydrogens is 294 g/mol. The number of benzene rings is 1. The molecule has 0 amide bonds. The molecule has 0 spiro atoms. The summed E-state index contributed by atoms with van der Waals surface area (Å²) in [6.45, 7) is 9.01. The molecule has 1 aromatic carbocycles. The number of rotatable bonds is 6. The predicted molar refractivity (Wildman–Crippen MR) is 99.2 cm³/mol. The minimum Gasteiger partial charge on any atom is -0.493 e. The molecule has 2 unspecified atom stereocenters. The Morgan fingerprint density at radius 1 is 1.04 bits per heavy atom. The van der Waals surface area contributed by atoms with Crippen molar-refractivity contribution < 1.29 is 4.74 Å². The SMILES string of the molecule is CCCOc1ccccc1CNC12CC3C[C@@](C)(C1)C[C@](C)(C3)C2. The molecule has 4 saturated carbocycles. The molecule has 0 radical (unpaired) electrons. The molecule has 4 aliphatic carbocycles. The Bertz CT molecular complexity index is 592. The molecule has 2 heteroatoms. The fourth-order valence-corrected chi connectivity index (χ4v) is 6.93. The summed E-state index contributed by atoms with van der Waals surface area (Å²) in [6, 6.07) is 8.57. The van der Waals surface area contributed by atoms with Crippen LogP contribution in [-0.2, 0) is 6.54 Å². The molecule has 1 aromatic rings. The van der Waals surface area contributed by atoms with Crippen LogP contribution in [0.15, 0.2) is 24.3 Å². The van der Waals surface area contributed by atoms with Gasteiger partial charge in [-0.05, 0) is 67.8 Å². The van der Waals surface area contributed by atoms with Gasteiger partial charge in [-0.2, -0.15) is 0 Å². The topological polar surface area (TPSA) is 21.3 Å². The van der Waals surface area contributed by atoms with Gasteiger partial charge in [-0.15, -0.1) is 0 Å². The van der Waals surface area contributed by atoms with Crippen LogP contribution in [0.3, 0.4) is 0 Å². The van der Waals surface area contributed by atoms with Crippen LogP contribution >= 0.6 is 0 Å². The van der Waals surface area contributed by atoms with E-state index < -0.39 is 0 Å². The summed E-state index contributed by atoms with van der Waals surface area (Å²) < 4.78 is 5.96. The molecule has 5 rings (SSSR count). The zero-order valence-electron chi connectivity index (χ0n) is 15.7. The highest BCUT2D eigenvalue weighted by atomic mass is 16.5. The van der Waals surface area contributed by atoms with Gasteiger partial charge in [-0.25, -0.2) is 0 Å². The van der Waals surface area contributed by atoms with Crippen LogP contribution in [0, 0.1) is 16.7 Å². The molecule has 4 bridgehead atoms. The summed E-state index contributed by atoms with van der Waals surface area (Å²) in [7, 11) is 0. The first kappa shape index (κ1) is 16.4. The summed E-state index contributed by atoms with van der Waals surface area (Å²) in [5, 5.41) is 4.03. The molecule has 0 aliphatic heterocycles. The van der Waals surface area contributed by atoms with E-state index in [2.05, 4.69) is 50.4 Å². The maximum Gasteiger partial charge on any atom is 0.123 e. The van der Waals surface area contributed by atoms with E-state index in [1.807, 2.05) is 0 Å². The van der Waals surface area contributed by atoms with E-state index in [1.54, 1.807) is 0 Å². The predicted octanol–water partition coefficient (Wildman–Crippen LogP) is 5.31. The second kappa shape index (κ2) is 5.76.